The van der Waals surface area contributed by atoms with Crippen LogP contribution in [0.4, 0.5) is 5.69 Å². The molecular formula is C13H14N2OS. The molecular weight excluding hydrogens is 232 g/mol. The lowest BCUT2D eigenvalue weighted by atomic mass is 10.1. The first-order chi connectivity index (χ1) is 8.22. The summed E-state index contributed by atoms with van der Waals surface area (Å²) in [6.07, 6.45) is 0. The number of carbonyl (C=O) groups excluding carboxylic acids is 1. The summed E-state index contributed by atoms with van der Waals surface area (Å²) in [4.78, 5) is 13.6. The fraction of sp³-hybridized carbons (Fsp3) is 0.385. The number of anilines is 1. The summed E-state index contributed by atoms with van der Waals surface area (Å²) >= 11 is 1.93. The Kier molecular flexibility index (Phi) is 3.70. The summed E-state index contributed by atoms with van der Waals surface area (Å²) in [5.41, 5.74) is 2.24. The van der Waals surface area contributed by atoms with Crippen LogP contribution in [0.5, 0.6) is 0 Å². The maximum atomic E-state index is 11.4. The third-order valence-electron chi connectivity index (χ3n) is 2.88. The van der Waals surface area contributed by atoms with E-state index in [4.69, 9.17) is 5.26 Å². The molecule has 1 aromatic rings. The van der Waals surface area contributed by atoms with Gasteiger partial charge >= 0.3 is 0 Å². The Morgan fingerprint density at radius 1 is 1.41 bits per heavy atom. The highest BCUT2D eigenvalue weighted by Crippen LogP contribution is 2.25. The summed E-state index contributed by atoms with van der Waals surface area (Å²) in [7, 11) is 0. The molecule has 0 radical (unpaired) electrons. The van der Waals surface area contributed by atoms with Crippen LogP contribution in [0, 0.1) is 11.3 Å². The average molecular weight is 246 g/mol. The van der Waals surface area contributed by atoms with Gasteiger partial charge in [0.15, 0.2) is 5.78 Å². The Hall–Kier alpha value is -1.47. The maximum Gasteiger partial charge on any atom is 0.159 e. The number of ketones is 1. The number of rotatable bonds is 2. The molecule has 0 bridgehead atoms. The molecule has 0 spiro atoms. The van der Waals surface area contributed by atoms with Gasteiger partial charge < -0.3 is 4.90 Å². The van der Waals surface area contributed by atoms with Crippen LogP contribution >= 0.6 is 11.8 Å². The van der Waals surface area contributed by atoms with E-state index < -0.39 is 0 Å². The molecule has 1 aliphatic heterocycles. The van der Waals surface area contributed by atoms with Crippen molar-refractivity contribution in [2.24, 2.45) is 0 Å². The normalized spacial score (nSPS) is 15.4. The number of nitrogens with zero attached hydrogens (tertiary/aromatic N) is 2. The number of carbonyl (C=O) groups is 1. The zero-order chi connectivity index (χ0) is 12.3. The van der Waals surface area contributed by atoms with E-state index in [0.29, 0.717) is 11.1 Å². The molecule has 1 aromatic carbocycles. The number of thioether (sulfide) groups is 1. The van der Waals surface area contributed by atoms with Crippen LogP contribution in [0.2, 0.25) is 0 Å². The lowest BCUT2D eigenvalue weighted by Crippen LogP contribution is -2.33. The zero-order valence-electron chi connectivity index (χ0n) is 9.77. The molecule has 1 heterocycles. The molecule has 0 amide bonds. The largest absolute Gasteiger partial charge is 0.369 e. The lowest BCUT2D eigenvalue weighted by molar-refractivity contribution is 0.101. The van der Waals surface area contributed by atoms with Crippen molar-refractivity contribution in [3.05, 3.63) is 29.3 Å². The molecule has 1 fully saturated rings. The number of Topliss-reactive ketones (excluding diaryl/α,β-unsaturated/α-hetero) is 1. The molecule has 2 rings (SSSR count). The van der Waals surface area contributed by atoms with Gasteiger partial charge in [0, 0.05) is 30.2 Å². The van der Waals surface area contributed by atoms with Gasteiger partial charge in [0.1, 0.15) is 6.07 Å². The number of hydrogen-bond acceptors (Lipinski definition) is 4. The minimum atomic E-state index is 0.0436. The van der Waals surface area contributed by atoms with Crippen LogP contribution in [-0.4, -0.2) is 30.4 Å². The van der Waals surface area contributed by atoms with E-state index in [-0.39, 0.29) is 5.78 Å². The van der Waals surface area contributed by atoms with Gasteiger partial charge in [-0.05, 0) is 25.1 Å². The molecule has 4 heteroatoms. The maximum absolute atomic E-state index is 11.4. The first kappa shape index (κ1) is 12.0. The third-order valence-corrected chi connectivity index (χ3v) is 3.82. The van der Waals surface area contributed by atoms with Gasteiger partial charge in [-0.2, -0.15) is 17.0 Å². The number of nitriles is 1. The van der Waals surface area contributed by atoms with E-state index in [1.54, 1.807) is 19.1 Å². The molecule has 1 aliphatic rings. The van der Waals surface area contributed by atoms with Crippen molar-refractivity contribution < 1.29 is 4.79 Å². The van der Waals surface area contributed by atoms with Gasteiger partial charge in [-0.15, -0.1) is 0 Å². The highest BCUT2D eigenvalue weighted by Gasteiger charge is 2.16. The average Bonchev–Trinajstić information content (AvgIpc) is 2.39. The summed E-state index contributed by atoms with van der Waals surface area (Å²) in [6.45, 7) is 3.44. The number of hydrogen-bond donors (Lipinski definition) is 0. The van der Waals surface area contributed by atoms with Crippen molar-refractivity contribution in [2.75, 3.05) is 29.5 Å². The fourth-order valence-electron chi connectivity index (χ4n) is 1.91. The van der Waals surface area contributed by atoms with E-state index in [9.17, 15) is 4.79 Å². The minimum Gasteiger partial charge on any atom is -0.369 e. The minimum absolute atomic E-state index is 0.0436. The van der Waals surface area contributed by atoms with Crippen molar-refractivity contribution in [1.29, 1.82) is 5.26 Å². The molecule has 88 valence electrons. The Balaban J connectivity index is 2.38. The Morgan fingerprint density at radius 3 is 2.71 bits per heavy atom. The molecule has 0 aliphatic carbocycles. The molecule has 0 aromatic heterocycles. The predicted octanol–water partition coefficient (Wildman–Crippen LogP) is 2.31. The van der Waals surface area contributed by atoms with Gasteiger partial charge in [-0.3, -0.25) is 4.79 Å². The SMILES string of the molecule is CC(=O)c1ccc(C#N)c(N2CCSCC2)c1. The predicted molar refractivity (Wildman–Crippen MR) is 70.7 cm³/mol. The number of benzene rings is 1. The molecule has 0 saturated carbocycles. The Bertz CT molecular complexity index is 473. The van der Waals surface area contributed by atoms with E-state index in [0.717, 1.165) is 30.3 Å². The van der Waals surface area contributed by atoms with E-state index in [1.807, 2.05) is 17.8 Å². The van der Waals surface area contributed by atoms with Gasteiger partial charge in [-0.1, -0.05) is 0 Å². The smallest absolute Gasteiger partial charge is 0.159 e. The molecule has 0 N–H and O–H groups in total. The quantitative estimate of drug-likeness (QED) is 0.751. The standard InChI is InChI=1S/C13H14N2OS/c1-10(16)11-2-3-12(9-14)13(8-11)15-4-6-17-7-5-15/h2-3,8H,4-7H2,1H3. The Labute approximate surface area is 105 Å². The van der Waals surface area contributed by atoms with Gasteiger partial charge in [0.2, 0.25) is 0 Å². The topological polar surface area (TPSA) is 44.1 Å². The van der Waals surface area contributed by atoms with Gasteiger partial charge in [0.25, 0.3) is 0 Å². The Morgan fingerprint density at radius 2 is 2.12 bits per heavy atom. The van der Waals surface area contributed by atoms with Crippen molar-refractivity contribution in [1.82, 2.24) is 0 Å². The third kappa shape index (κ3) is 2.62. The molecule has 17 heavy (non-hydrogen) atoms. The highest BCUT2D eigenvalue weighted by atomic mass is 32.2. The van der Waals surface area contributed by atoms with E-state index >= 15 is 0 Å². The molecule has 3 nitrogen and oxygen atoms in total. The highest BCUT2D eigenvalue weighted by molar-refractivity contribution is 7.99. The van der Waals surface area contributed by atoms with Crippen LogP contribution < -0.4 is 4.90 Å². The second-order valence-electron chi connectivity index (χ2n) is 4.00. The second kappa shape index (κ2) is 5.24. The summed E-state index contributed by atoms with van der Waals surface area (Å²) in [5.74, 6) is 2.20. The summed E-state index contributed by atoms with van der Waals surface area (Å²) < 4.78 is 0. The summed E-state index contributed by atoms with van der Waals surface area (Å²) in [6, 6.07) is 7.51. The van der Waals surface area contributed by atoms with Crippen molar-refractivity contribution >= 4 is 23.2 Å². The van der Waals surface area contributed by atoms with Crippen LogP contribution in [0.15, 0.2) is 18.2 Å². The zero-order valence-corrected chi connectivity index (χ0v) is 10.6. The van der Waals surface area contributed by atoms with Crippen molar-refractivity contribution in [2.45, 2.75) is 6.92 Å². The fourth-order valence-corrected chi connectivity index (χ4v) is 2.81. The van der Waals surface area contributed by atoms with Crippen LogP contribution in [-0.2, 0) is 0 Å². The second-order valence-corrected chi connectivity index (χ2v) is 5.22. The monoisotopic (exact) mass is 246 g/mol. The molecule has 0 unspecified atom stereocenters. The first-order valence-electron chi connectivity index (χ1n) is 5.60. The van der Waals surface area contributed by atoms with E-state index in [1.165, 1.54) is 0 Å². The lowest BCUT2D eigenvalue weighted by Gasteiger charge is -2.29. The van der Waals surface area contributed by atoms with E-state index in [2.05, 4.69) is 11.0 Å². The molecule has 1 saturated heterocycles. The first-order valence-corrected chi connectivity index (χ1v) is 6.75. The van der Waals surface area contributed by atoms with Gasteiger partial charge in [0.05, 0.1) is 11.3 Å². The van der Waals surface area contributed by atoms with Crippen molar-refractivity contribution in [3.63, 3.8) is 0 Å². The summed E-state index contributed by atoms with van der Waals surface area (Å²) in [5, 5.41) is 9.11. The van der Waals surface area contributed by atoms with Crippen LogP contribution in [0.3, 0.4) is 0 Å². The molecule has 0 atom stereocenters. The van der Waals surface area contributed by atoms with Gasteiger partial charge in [-0.25, -0.2) is 0 Å². The van der Waals surface area contributed by atoms with Crippen LogP contribution in [0.25, 0.3) is 0 Å². The van der Waals surface area contributed by atoms with Crippen molar-refractivity contribution in [3.8, 4) is 6.07 Å². The van der Waals surface area contributed by atoms with Crippen LogP contribution in [0.1, 0.15) is 22.8 Å².